The number of rotatable bonds is 16. The van der Waals surface area contributed by atoms with Crippen molar-refractivity contribution in [3.63, 3.8) is 0 Å². The highest BCUT2D eigenvalue weighted by molar-refractivity contribution is 7.96. The molecule has 0 radical (unpaired) electrons. The third kappa shape index (κ3) is 6.23. The molecule has 8 nitrogen and oxygen atoms in total. The van der Waals surface area contributed by atoms with E-state index in [1.54, 1.807) is 41.5 Å². The van der Waals surface area contributed by atoms with Crippen molar-refractivity contribution in [3.05, 3.63) is 60.7 Å². The average Bonchev–Trinajstić information content (AvgIpc) is 3.67. The lowest BCUT2D eigenvalue weighted by Gasteiger charge is -2.42. The van der Waals surface area contributed by atoms with Gasteiger partial charge in [0.05, 0.1) is 28.0 Å². The van der Waals surface area contributed by atoms with Crippen molar-refractivity contribution in [3.8, 4) is 0 Å². The summed E-state index contributed by atoms with van der Waals surface area (Å²) in [5, 5.41) is 0.470. The third-order valence-corrected chi connectivity index (χ3v) is 21.4. The van der Waals surface area contributed by atoms with Crippen LogP contribution in [0, 0.1) is 0 Å². The van der Waals surface area contributed by atoms with Crippen molar-refractivity contribution in [2.75, 3.05) is 19.8 Å². The molecule has 2 aromatic rings. The summed E-state index contributed by atoms with van der Waals surface area (Å²) in [7, 11) is -10.3. The van der Waals surface area contributed by atoms with Crippen molar-refractivity contribution < 1.29 is 30.8 Å². The van der Waals surface area contributed by atoms with E-state index >= 15 is 0 Å². The smallest absolute Gasteiger partial charge is 0.214 e. The number of epoxide rings is 1. The van der Waals surface area contributed by atoms with Crippen molar-refractivity contribution in [1.82, 2.24) is 5.06 Å². The van der Waals surface area contributed by atoms with E-state index in [0.29, 0.717) is 42.7 Å². The van der Waals surface area contributed by atoms with Gasteiger partial charge in [-0.15, -0.1) is 0 Å². The van der Waals surface area contributed by atoms with Crippen molar-refractivity contribution >= 4 is 28.0 Å². The Hall–Kier alpha value is -1.60. The van der Waals surface area contributed by atoms with E-state index in [-0.39, 0.29) is 28.9 Å². The lowest BCUT2D eigenvalue weighted by atomic mass is 9.79. The van der Waals surface area contributed by atoms with Crippen LogP contribution in [0.3, 0.4) is 0 Å². The molecule has 2 aromatic carbocycles. The second-order valence-electron chi connectivity index (χ2n) is 14.1. The molecular formula is C34H51NO7S2Si. The minimum absolute atomic E-state index is 0.00458. The van der Waals surface area contributed by atoms with Gasteiger partial charge in [-0.25, -0.2) is 16.8 Å². The lowest BCUT2D eigenvalue weighted by molar-refractivity contribution is -0.157. The lowest BCUT2D eigenvalue weighted by Crippen LogP contribution is -2.57. The van der Waals surface area contributed by atoms with Crippen LogP contribution in [0.5, 0.6) is 0 Å². The van der Waals surface area contributed by atoms with Gasteiger partial charge in [0, 0.05) is 19.6 Å². The van der Waals surface area contributed by atoms with Crippen molar-refractivity contribution in [1.29, 1.82) is 0 Å². The number of benzene rings is 2. The van der Waals surface area contributed by atoms with Gasteiger partial charge in [0.25, 0.3) is 0 Å². The first-order chi connectivity index (χ1) is 21.2. The zero-order valence-electron chi connectivity index (χ0n) is 27.6. The molecule has 3 fully saturated rings. The maximum atomic E-state index is 14.6. The maximum absolute atomic E-state index is 14.6. The molecule has 250 valence electrons. The van der Waals surface area contributed by atoms with Crippen LogP contribution in [0.15, 0.2) is 70.5 Å². The highest BCUT2D eigenvalue weighted by atomic mass is 32.2. The summed E-state index contributed by atoms with van der Waals surface area (Å²) in [5.41, 5.74) is 0.871. The molecule has 4 unspecified atom stereocenters. The molecule has 3 aliphatic heterocycles. The fraction of sp³-hybridized carbons (Fsp3) is 0.647. The number of hydrogen-bond donors (Lipinski definition) is 0. The van der Waals surface area contributed by atoms with Crippen LogP contribution in [-0.4, -0.2) is 71.8 Å². The highest BCUT2D eigenvalue weighted by Gasteiger charge is 2.73. The topological polar surface area (TPSA) is 103 Å². The molecule has 5 rings (SSSR count). The summed E-state index contributed by atoms with van der Waals surface area (Å²) < 4.78 is 69.8. The van der Waals surface area contributed by atoms with Crippen LogP contribution in [0.25, 0.3) is 0 Å². The summed E-state index contributed by atoms with van der Waals surface area (Å²) in [5.74, 6) is 0. The summed E-state index contributed by atoms with van der Waals surface area (Å²) in [6.07, 6.45) is 4.05. The molecule has 5 atom stereocenters. The average molecular weight is 678 g/mol. The molecule has 0 N–H and O–H groups in total. The van der Waals surface area contributed by atoms with E-state index in [4.69, 9.17) is 14.0 Å². The first kappa shape index (κ1) is 34.7. The van der Waals surface area contributed by atoms with Crippen LogP contribution < -0.4 is 0 Å². The Morgan fingerprint density at radius 1 is 0.844 bits per heavy atom. The van der Waals surface area contributed by atoms with Gasteiger partial charge in [-0.05, 0) is 73.0 Å². The normalized spacial score (nSPS) is 28.4. The van der Waals surface area contributed by atoms with Gasteiger partial charge in [-0.3, -0.25) is 4.84 Å². The van der Waals surface area contributed by atoms with Crippen molar-refractivity contribution in [2.24, 2.45) is 0 Å². The molecule has 3 heterocycles. The molecule has 2 bridgehead atoms. The number of hydroxylamine groups is 2. The molecular weight excluding hydrogens is 627 g/mol. The predicted octanol–water partition coefficient (Wildman–Crippen LogP) is 6.93. The van der Waals surface area contributed by atoms with Crippen LogP contribution in [0.2, 0.25) is 16.6 Å². The molecule has 45 heavy (non-hydrogen) atoms. The van der Waals surface area contributed by atoms with Gasteiger partial charge in [-0.2, -0.15) is 5.06 Å². The Kier molecular flexibility index (Phi) is 10.1. The van der Waals surface area contributed by atoms with Crippen molar-refractivity contribution in [2.45, 2.75) is 128 Å². The fourth-order valence-electron chi connectivity index (χ4n) is 8.30. The van der Waals surface area contributed by atoms with E-state index in [1.165, 1.54) is 24.3 Å². The van der Waals surface area contributed by atoms with Gasteiger partial charge >= 0.3 is 0 Å². The Morgan fingerprint density at radius 3 is 1.93 bits per heavy atom. The van der Waals surface area contributed by atoms with Gasteiger partial charge in [0.1, 0.15) is 5.25 Å². The van der Waals surface area contributed by atoms with E-state index < -0.39 is 43.7 Å². The number of sulfone groups is 2. The maximum Gasteiger partial charge on any atom is 0.214 e. The highest BCUT2D eigenvalue weighted by Crippen LogP contribution is 2.57. The van der Waals surface area contributed by atoms with Gasteiger partial charge in [0.15, 0.2) is 18.2 Å². The molecule has 0 saturated carbocycles. The SMILES string of the molecule is CC(C)[Si](OCCCCC1(CC[C@@H]2CO2)CC2(S(=O)(=O)c3ccccc3)ON1CC2S(=O)(=O)c1ccccc1)(C(C)C)C(C)C. The predicted molar refractivity (Wildman–Crippen MR) is 179 cm³/mol. The molecule has 0 aliphatic carbocycles. The Bertz CT molecular complexity index is 1490. The van der Waals surface area contributed by atoms with Gasteiger partial charge in [0.2, 0.25) is 14.8 Å². The molecule has 3 saturated heterocycles. The quantitative estimate of drug-likeness (QED) is 0.107. The van der Waals surface area contributed by atoms with Crippen LogP contribution in [0.4, 0.5) is 0 Å². The van der Waals surface area contributed by atoms with Crippen LogP contribution in [0.1, 0.15) is 80.1 Å². The molecule has 11 heteroatoms. The minimum atomic E-state index is -4.22. The molecule has 0 spiro atoms. The zero-order chi connectivity index (χ0) is 32.7. The first-order valence-corrected chi connectivity index (χ1v) is 21.7. The number of unbranched alkanes of at least 4 members (excludes halogenated alkanes) is 1. The minimum Gasteiger partial charge on any atom is -0.416 e. The van der Waals surface area contributed by atoms with E-state index in [0.717, 1.165) is 19.3 Å². The summed E-state index contributed by atoms with van der Waals surface area (Å²) in [4.78, 5) is 4.73. The number of ether oxygens (including phenoxy) is 1. The molecule has 3 aliphatic rings. The standard InChI is InChI=1S/C34H51NO7S2Si/c1-26(2)45(27(3)4,28(5)6)41-22-14-13-20-33(21-19-29-24-40-29)25-34(44(38,39)31-17-11-8-12-18-31)32(23-35(33)42-34)43(36,37)30-15-9-7-10-16-30/h7-12,15-18,26-29,32H,13-14,19-25H2,1-6H3/t29-,32?,33?,34?/m1/s1. The van der Waals surface area contributed by atoms with E-state index in [1.807, 2.05) is 0 Å². The zero-order valence-corrected chi connectivity index (χ0v) is 30.3. The summed E-state index contributed by atoms with van der Waals surface area (Å²) in [6, 6.07) is 16.3. The Balaban J connectivity index is 1.44. The molecule has 0 amide bonds. The van der Waals surface area contributed by atoms with Crippen LogP contribution in [-0.2, 0) is 33.7 Å². The number of piperidine rings is 1. The van der Waals surface area contributed by atoms with Gasteiger partial charge in [-0.1, -0.05) is 77.9 Å². The second-order valence-corrected chi connectivity index (χ2v) is 23.9. The fourth-order valence-corrected chi connectivity index (χ4v) is 18.3. The van der Waals surface area contributed by atoms with E-state index in [2.05, 4.69) is 41.5 Å². The Morgan fingerprint density at radius 2 is 1.40 bits per heavy atom. The Labute approximate surface area is 271 Å². The van der Waals surface area contributed by atoms with Gasteiger partial charge < -0.3 is 9.16 Å². The first-order valence-electron chi connectivity index (χ1n) is 16.5. The third-order valence-electron chi connectivity index (χ3n) is 10.6. The second kappa shape index (κ2) is 13.1. The van der Waals surface area contributed by atoms with E-state index in [9.17, 15) is 16.8 Å². The number of hydrogen-bond acceptors (Lipinski definition) is 8. The number of nitrogens with zero attached hydrogens (tertiary/aromatic N) is 1. The molecule has 0 aromatic heterocycles. The van der Waals surface area contributed by atoms with Crippen LogP contribution >= 0.6 is 0 Å². The summed E-state index contributed by atoms with van der Waals surface area (Å²) >= 11 is 0. The largest absolute Gasteiger partial charge is 0.416 e. The monoisotopic (exact) mass is 677 g/mol. The summed E-state index contributed by atoms with van der Waals surface area (Å²) in [6.45, 7) is 15.1. The number of fused-ring (bicyclic) bond motifs is 2.